The number of carbonyl (C=O) groups excluding carboxylic acids is 1. The zero-order chi connectivity index (χ0) is 20.2. The molecule has 0 aliphatic carbocycles. The van der Waals surface area contributed by atoms with Crippen LogP contribution in [0.4, 0.5) is 0 Å². The number of hydrogen-bond acceptors (Lipinski definition) is 4. The molecular weight excluding hydrogens is 386 g/mol. The molecule has 0 amide bonds. The Morgan fingerprint density at radius 3 is 2.66 bits per heavy atom. The fraction of sp³-hybridized carbons (Fsp3) is 0.0833. The summed E-state index contributed by atoms with van der Waals surface area (Å²) in [5.74, 6) is 0.532. The number of nitrogens with zero attached hydrogens (tertiary/aromatic N) is 1. The van der Waals surface area contributed by atoms with Gasteiger partial charge in [-0.15, -0.1) is 0 Å². The summed E-state index contributed by atoms with van der Waals surface area (Å²) in [7, 11) is 0. The van der Waals surface area contributed by atoms with Crippen LogP contribution in [0.2, 0.25) is 5.02 Å². The lowest BCUT2D eigenvalue weighted by atomic mass is 10.1. The first-order valence-corrected chi connectivity index (χ1v) is 9.53. The first kappa shape index (κ1) is 19.0. The van der Waals surface area contributed by atoms with Crippen LogP contribution in [-0.2, 0) is 16.1 Å². The van der Waals surface area contributed by atoms with Gasteiger partial charge in [-0.05, 0) is 48.4 Å². The number of benzene rings is 3. The Labute approximate surface area is 174 Å². The van der Waals surface area contributed by atoms with Crippen LogP contribution in [0.25, 0.3) is 6.08 Å². The fourth-order valence-electron chi connectivity index (χ4n) is 2.97. The topological polar surface area (TPSA) is 47.9 Å². The van der Waals surface area contributed by atoms with Gasteiger partial charge in [0.1, 0.15) is 12.4 Å². The third-order valence-electron chi connectivity index (χ3n) is 4.51. The Kier molecular flexibility index (Phi) is 5.45. The van der Waals surface area contributed by atoms with Crippen LogP contribution >= 0.6 is 11.6 Å². The fourth-order valence-corrected chi connectivity index (χ4v) is 3.16. The zero-order valence-electron chi connectivity index (χ0n) is 15.8. The molecule has 0 atom stereocenters. The molecule has 29 heavy (non-hydrogen) atoms. The minimum atomic E-state index is -0.467. The number of carbonyl (C=O) groups is 1. The summed E-state index contributed by atoms with van der Waals surface area (Å²) >= 11 is 6.17. The highest BCUT2D eigenvalue weighted by Gasteiger charge is 2.24. The Balaban J connectivity index is 1.54. The minimum Gasteiger partial charge on any atom is -0.489 e. The minimum absolute atomic E-state index is 0.256. The number of aryl methyl sites for hydroxylation is 1. The highest BCUT2D eigenvalue weighted by Crippen LogP contribution is 2.23. The standard InChI is InChI=1S/C24H18ClNO3/c1-16-7-2-4-11-20(16)23-26-22(24(27)29-23)14-17-8-6-10-19(13-17)28-15-18-9-3-5-12-21(18)25/h2-14H,15H2,1H3/b22-14-. The predicted molar refractivity (Wildman–Crippen MR) is 114 cm³/mol. The van der Waals surface area contributed by atoms with Gasteiger partial charge in [-0.3, -0.25) is 0 Å². The average molecular weight is 404 g/mol. The van der Waals surface area contributed by atoms with Gasteiger partial charge in [0, 0.05) is 16.1 Å². The molecule has 0 saturated heterocycles. The van der Waals surface area contributed by atoms with Crippen LogP contribution in [0.3, 0.4) is 0 Å². The number of hydrogen-bond donors (Lipinski definition) is 0. The number of esters is 1. The molecule has 0 saturated carbocycles. The van der Waals surface area contributed by atoms with Crippen molar-refractivity contribution in [3.8, 4) is 5.75 Å². The smallest absolute Gasteiger partial charge is 0.363 e. The Hall–Kier alpha value is -3.37. The van der Waals surface area contributed by atoms with Gasteiger partial charge in [-0.25, -0.2) is 9.79 Å². The summed E-state index contributed by atoms with van der Waals surface area (Å²) in [6, 6.07) is 22.6. The van der Waals surface area contributed by atoms with Gasteiger partial charge in [-0.1, -0.05) is 60.1 Å². The van der Waals surface area contributed by atoms with Crippen molar-refractivity contribution in [2.45, 2.75) is 13.5 Å². The van der Waals surface area contributed by atoms with Crippen LogP contribution in [0.5, 0.6) is 5.75 Å². The van der Waals surface area contributed by atoms with E-state index in [2.05, 4.69) is 4.99 Å². The predicted octanol–water partition coefficient (Wildman–Crippen LogP) is 5.57. The summed E-state index contributed by atoms with van der Waals surface area (Å²) in [5, 5.41) is 0.664. The molecule has 0 N–H and O–H groups in total. The average Bonchev–Trinajstić information content (AvgIpc) is 3.08. The molecule has 1 aliphatic rings. The molecule has 1 heterocycles. The maximum absolute atomic E-state index is 12.3. The van der Waals surface area contributed by atoms with Gasteiger partial charge in [0.2, 0.25) is 5.90 Å². The Morgan fingerprint density at radius 2 is 1.83 bits per heavy atom. The lowest BCUT2D eigenvalue weighted by Crippen LogP contribution is -2.06. The molecule has 0 bridgehead atoms. The summed E-state index contributed by atoms with van der Waals surface area (Å²) in [6.45, 7) is 2.31. The van der Waals surface area contributed by atoms with Gasteiger partial charge in [0.15, 0.2) is 5.70 Å². The van der Waals surface area contributed by atoms with Crippen LogP contribution in [0.1, 0.15) is 22.3 Å². The van der Waals surface area contributed by atoms with Crippen LogP contribution < -0.4 is 4.74 Å². The molecule has 0 unspecified atom stereocenters. The van der Waals surface area contributed by atoms with Crippen molar-refractivity contribution in [2.24, 2.45) is 4.99 Å². The van der Waals surface area contributed by atoms with E-state index >= 15 is 0 Å². The van der Waals surface area contributed by atoms with Crippen molar-refractivity contribution in [3.63, 3.8) is 0 Å². The highest BCUT2D eigenvalue weighted by molar-refractivity contribution is 6.31. The molecular formula is C24H18ClNO3. The molecule has 144 valence electrons. The van der Waals surface area contributed by atoms with Crippen molar-refractivity contribution in [3.05, 3.63) is 106 Å². The van der Waals surface area contributed by atoms with Crippen LogP contribution in [-0.4, -0.2) is 11.9 Å². The van der Waals surface area contributed by atoms with Crippen molar-refractivity contribution in [1.29, 1.82) is 0 Å². The molecule has 0 fully saturated rings. The second kappa shape index (κ2) is 8.33. The first-order valence-electron chi connectivity index (χ1n) is 9.15. The zero-order valence-corrected chi connectivity index (χ0v) is 16.5. The van der Waals surface area contributed by atoms with Gasteiger partial charge in [0.25, 0.3) is 0 Å². The SMILES string of the molecule is Cc1ccccc1C1=N/C(=C\c2cccc(OCc3ccccc3Cl)c2)C(=O)O1. The van der Waals surface area contributed by atoms with E-state index in [-0.39, 0.29) is 5.70 Å². The van der Waals surface area contributed by atoms with Crippen molar-refractivity contribution in [2.75, 3.05) is 0 Å². The van der Waals surface area contributed by atoms with E-state index in [1.165, 1.54) is 0 Å². The number of halogens is 1. The van der Waals surface area contributed by atoms with Crippen molar-refractivity contribution < 1.29 is 14.3 Å². The van der Waals surface area contributed by atoms with E-state index in [4.69, 9.17) is 21.1 Å². The molecule has 5 heteroatoms. The lowest BCUT2D eigenvalue weighted by Gasteiger charge is -2.08. The second-order valence-electron chi connectivity index (χ2n) is 6.60. The third kappa shape index (κ3) is 4.39. The molecule has 4 nitrogen and oxygen atoms in total. The normalized spacial score (nSPS) is 14.6. The molecule has 0 radical (unpaired) electrons. The second-order valence-corrected chi connectivity index (χ2v) is 7.01. The van der Waals surface area contributed by atoms with E-state index in [0.29, 0.717) is 23.3 Å². The van der Waals surface area contributed by atoms with E-state index in [0.717, 1.165) is 22.3 Å². The molecule has 1 aliphatic heterocycles. The van der Waals surface area contributed by atoms with Crippen molar-refractivity contribution in [1.82, 2.24) is 0 Å². The number of rotatable bonds is 5. The van der Waals surface area contributed by atoms with Crippen LogP contribution in [0.15, 0.2) is 83.5 Å². The first-order chi connectivity index (χ1) is 14.1. The summed E-state index contributed by atoms with van der Waals surface area (Å²) < 4.78 is 11.2. The number of ether oxygens (including phenoxy) is 2. The number of aliphatic imine (C=N–C) groups is 1. The third-order valence-corrected chi connectivity index (χ3v) is 4.88. The van der Waals surface area contributed by atoms with Crippen LogP contribution in [0, 0.1) is 6.92 Å². The lowest BCUT2D eigenvalue weighted by molar-refractivity contribution is -0.129. The molecule has 3 aromatic rings. The van der Waals surface area contributed by atoms with E-state index < -0.39 is 5.97 Å². The highest BCUT2D eigenvalue weighted by atomic mass is 35.5. The monoisotopic (exact) mass is 403 g/mol. The van der Waals surface area contributed by atoms with E-state index in [1.807, 2.05) is 79.7 Å². The van der Waals surface area contributed by atoms with Gasteiger partial charge in [0.05, 0.1) is 0 Å². The molecule has 0 spiro atoms. The Bertz CT molecular complexity index is 1130. The van der Waals surface area contributed by atoms with Crippen molar-refractivity contribution >= 4 is 29.5 Å². The van der Waals surface area contributed by atoms with Gasteiger partial charge in [-0.2, -0.15) is 0 Å². The number of cyclic esters (lactones) is 1. The summed E-state index contributed by atoms with van der Waals surface area (Å²) in [6.07, 6.45) is 1.69. The largest absolute Gasteiger partial charge is 0.489 e. The molecule has 3 aromatic carbocycles. The maximum Gasteiger partial charge on any atom is 0.363 e. The molecule has 0 aromatic heterocycles. The summed E-state index contributed by atoms with van der Waals surface area (Å²) in [5.41, 5.74) is 3.76. The summed E-state index contributed by atoms with van der Waals surface area (Å²) in [4.78, 5) is 16.6. The maximum atomic E-state index is 12.3. The quantitative estimate of drug-likeness (QED) is 0.413. The van der Waals surface area contributed by atoms with Gasteiger partial charge >= 0.3 is 5.97 Å². The van der Waals surface area contributed by atoms with Gasteiger partial charge < -0.3 is 9.47 Å². The van der Waals surface area contributed by atoms with E-state index in [1.54, 1.807) is 6.08 Å². The Morgan fingerprint density at radius 1 is 1.03 bits per heavy atom. The molecule has 4 rings (SSSR count). The van der Waals surface area contributed by atoms with E-state index in [9.17, 15) is 4.79 Å².